The molecule has 1 amide bonds. The van der Waals surface area contributed by atoms with E-state index in [0.29, 0.717) is 0 Å². The third kappa shape index (κ3) is 3.09. The third-order valence-electron chi connectivity index (χ3n) is 3.28. The molecular weight excluding hydrogens is 286 g/mol. The van der Waals surface area contributed by atoms with E-state index < -0.39 is 11.6 Å². The lowest BCUT2D eigenvalue weighted by molar-refractivity contribution is -0.682. The second kappa shape index (κ2) is 5.89. The van der Waals surface area contributed by atoms with Gasteiger partial charge < -0.3 is 5.32 Å². The van der Waals surface area contributed by atoms with Crippen molar-refractivity contribution >= 4 is 22.4 Å². The molecule has 2 aromatic carbocycles. The Morgan fingerprint density at radius 1 is 1.05 bits per heavy atom. The molecule has 5 heteroatoms. The molecule has 0 spiro atoms. The highest BCUT2D eigenvalue weighted by Crippen LogP contribution is 2.14. The summed E-state index contributed by atoms with van der Waals surface area (Å²) in [7, 11) is 0. The molecular formula is C17H13F2N2O+. The zero-order valence-corrected chi connectivity index (χ0v) is 11.6. The SMILES string of the molecule is O=C(C[n+]1ccc2ccccc2c1)Nc1ccc(F)cc1F. The second-order valence-electron chi connectivity index (χ2n) is 4.92. The molecule has 3 nitrogen and oxygen atoms in total. The lowest BCUT2D eigenvalue weighted by Gasteiger charge is -2.05. The molecule has 110 valence electrons. The highest BCUT2D eigenvalue weighted by Gasteiger charge is 2.13. The van der Waals surface area contributed by atoms with E-state index in [9.17, 15) is 13.6 Å². The number of rotatable bonds is 3. The van der Waals surface area contributed by atoms with Crippen molar-refractivity contribution in [2.75, 3.05) is 5.32 Å². The molecule has 0 unspecified atom stereocenters. The van der Waals surface area contributed by atoms with Crippen LogP contribution >= 0.6 is 0 Å². The van der Waals surface area contributed by atoms with Crippen molar-refractivity contribution in [3.05, 3.63) is 72.6 Å². The van der Waals surface area contributed by atoms with Gasteiger partial charge in [-0.2, -0.15) is 4.57 Å². The number of pyridine rings is 1. The molecule has 0 atom stereocenters. The van der Waals surface area contributed by atoms with Crippen LogP contribution in [0.1, 0.15) is 0 Å². The second-order valence-corrected chi connectivity index (χ2v) is 4.92. The fourth-order valence-corrected chi connectivity index (χ4v) is 2.22. The summed E-state index contributed by atoms with van der Waals surface area (Å²) in [5.41, 5.74) is -0.0345. The summed E-state index contributed by atoms with van der Waals surface area (Å²) in [4.78, 5) is 12.0. The Balaban J connectivity index is 1.75. The first-order valence-electron chi connectivity index (χ1n) is 6.74. The fourth-order valence-electron chi connectivity index (χ4n) is 2.22. The molecule has 0 fully saturated rings. The topological polar surface area (TPSA) is 33.0 Å². The van der Waals surface area contributed by atoms with Crippen LogP contribution in [-0.2, 0) is 11.3 Å². The van der Waals surface area contributed by atoms with Crippen LogP contribution in [0, 0.1) is 11.6 Å². The van der Waals surface area contributed by atoms with Gasteiger partial charge in [0, 0.05) is 17.5 Å². The van der Waals surface area contributed by atoms with Crippen LogP contribution in [0.5, 0.6) is 0 Å². The minimum atomic E-state index is -0.795. The number of halogens is 2. The molecule has 0 saturated heterocycles. The van der Waals surface area contributed by atoms with E-state index in [0.717, 1.165) is 22.9 Å². The number of anilines is 1. The molecule has 3 rings (SSSR count). The Morgan fingerprint density at radius 3 is 2.59 bits per heavy atom. The maximum absolute atomic E-state index is 13.5. The Morgan fingerprint density at radius 2 is 1.82 bits per heavy atom. The molecule has 0 aliphatic rings. The number of aromatic nitrogens is 1. The monoisotopic (exact) mass is 299 g/mol. The van der Waals surface area contributed by atoms with E-state index in [4.69, 9.17) is 0 Å². The van der Waals surface area contributed by atoms with E-state index in [1.807, 2.05) is 36.5 Å². The number of benzene rings is 2. The van der Waals surface area contributed by atoms with Crippen LogP contribution in [0.4, 0.5) is 14.5 Å². The zero-order valence-electron chi connectivity index (χ0n) is 11.6. The van der Waals surface area contributed by atoms with Crippen molar-refractivity contribution < 1.29 is 18.1 Å². The molecule has 0 aliphatic carbocycles. The number of carbonyl (C=O) groups is 1. The van der Waals surface area contributed by atoms with Gasteiger partial charge >= 0.3 is 0 Å². The zero-order chi connectivity index (χ0) is 15.5. The molecule has 0 saturated carbocycles. The van der Waals surface area contributed by atoms with Crippen molar-refractivity contribution in [3.8, 4) is 0 Å². The van der Waals surface area contributed by atoms with Gasteiger partial charge in [-0.25, -0.2) is 8.78 Å². The average molecular weight is 299 g/mol. The lowest BCUT2D eigenvalue weighted by atomic mass is 10.2. The number of hydrogen-bond acceptors (Lipinski definition) is 1. The first kappa shape index (κ1) is 14.1. The van der Waals surface area contributed by atoms with E-state index in [1.54, 1.807) is 10.8 Å². The van der Waals surface area contributed by atoms with Crippen LogP contribution in [0.3, 0.4) is 0 Å². The minimum Gasteiger partial charge on any atom is -0.318 e. The van der Waals surface area contributed by atoms with Gasteiger partial charge in [0.1, 0.15) is 11.6 Å². The predicted octanol–water partition coefficient (Wildman–Crippen LogP) is 3.04. The third-order valence-corrected chi connectivity index (χ3v) is 3.28. The van der Waals surface area contributed by atoms with Gasteiger partial charge in [-0.15, -0.1) is 0 Å². The standard InChI is InChI=1S/C17H12F2N2O/c18-14-5-6-16(15(19)9-14)20-17(22)11-21-8-7-12-3-1-2-4-13(12)10-21/h1-10H,11H2/p+1. The van der Waals surface area contributed by atoms with Crippen molar-refractivity contribution in [3.63, 3.8) is 0 Å². The Kier molecular flexibility index (Phi) is 3.78. The number of amides is 1. The summed E-state index contributed by atoms with van der Waals surface area (Å²) in [6, 6.07) is 12.7. The normalized spacial score (nSPS) is 10.6. The van der Waals surface area contributed by atoms with Crippen LogP contribution in [0.15, 0.2) is 60.9 Å². The van der Waals surface area contributed by atoms with E-state index in [-0.39, 0.29) is 18.1 Å². The lowest BCUT2D eigenvalue weighted by Crippen LogP contribution is -2.39. The summed E-state index contributed by atoms with van der Waals surface area (Å²) in [6.45, 7) is 0.0433. The van der Waals surface area contributed by atoms with Crippen LogP contribution in [0.2, 0.25) is 0 Å². The van der Waals surface area contributed by atoms with Crippen molar-refractivity contribution in [2.45, 2.75) is 6.54 Å². The van der Waals surface area contributed by atoms with Gasteiger partial charge in [0.25, 0.3) is 5.91 Å². The van der Waals surface area contributed by atoms with Crippen LogP contribution in [0.25, 0.3) is 10.8 Å². The maximum atomic E-state index is 13.5. The Bertz CT molecular complexity index is 849. The fraction of sp³-hybridized carbons (Fsp3) is 0.0588. The van der Waals surface area contributed by atoms with Gasteiger partial charge in [0.05, 0.1) is 5.69 Å². The highest BCUT2D eigenvalue weighted by atomic mass is 19.1. The molecule has 0 radical (unpaired) electrons. The number of nitrogens with one attached hydrogen (secondary N) is 1. The number of hydrogen-bond donors (Lipinski definition) is 1. The van der Waals surface area contributed by atoms with Gasteiger partial charge in [-0.3, -0.25) is 4.79 Å². The largest absolute Gasteiger partial charge is 0.318 e. The molecule has 0 aliphatic heterocycles. The smallest absolute Gasteiger partial charge is 0.290 e. The highest BCUT2D eigenvalue weighted by molar-refractivity contribution is 5.89. The minimum absolute atomic E-state index is 0.0345. The summed E-state index contributed by atoms with van der Waals surface area (Å²) in [5.74, 6) is -1.86. The van der Waals surface area contributed by atoms with Crippen molar-refractivity contribution in [1.82, 2.24) is 0 Å². The molecule has 1 N–H and O–H groups in total. The van der Waals surface area contributed by atoms with Gasteiger partial charge in [-0.1, -0.05) is 18.2 Å². The van der Waals surface area contributed by atoms with Gasteiger partial charge in [0.15, 0.2) is 12.4 Å². The number of fused-ring (bicyclic) bond motifs is 1. The summed E-state index contributed by atoms with van der Waals surface area (Å²) >= 11 is 0. The predicted molar refractivity (Wildman–Crippen MR) is 79.1 cm³/mol. The summed E-state index contributed by atoms with van der Waals surface area (Å²) < 4.78 is 28.0. The molecule has 1 heterocycles. The number of nitrogens with zero attached hydrogens (tertiary/aromatic N) is 1. The van der Waals surface area contributed by atoms with Crippen molar-refractivity contribution in [2.24, 2.45) is 0 Å². The van der Waals surface area contributed by atoms with Gasteiger partial charge in [-0.05, 0) is 23.6 Å². The molecule has 0 bridgehead atoms. The average Bonchev–Trinajstić information content (AvgIpc) is 2.50. The number of carbonyl (C=O) groups excluding carboxylic acids is 1. The Hall–Kier alpha value is -2.82. The van der Waals surface area contributed by atoms with E-state index in [1.165, 1.54) is 6.07 Å². The first-order valence-corrected chi connectivity index (χ1v) is 6.74. The van der Waals surface area contributed by atoms with Crippen LogP contribution < -0.4 is 9.88 Å². The molecule has 3 aromatic rings. The first-order chi connectivity index (χ1) is 10.6. The quantitative estimate of drug-likeness (QED) is 0.741. The molecule has 1 aromatic heterocycles. The summed E-state index contributed by atoms with van der Waals surface area (Å²) in [5, 5.41) is 4.51. The van der Waals surface area contributed by atoms with Gasteiger partial charge in [0.2, 0.25) is 6.54 Å². The van der Waals surface area contributed by atoms with Crippen molar-refractivity contribution in [1.29, 1.82) is 0 Å². The van der Waals surface area contributed by atoms with E-state index in [2.05, 4.69) is 5.32 Å². The molecule has 22 heavy (non-hydrogen) atoms. The van der Waals surface area contributed by atoms with E-state index >= 15 is 0 Å². The maximum Gasteiger partial charge on any atom is 0.290 e. The van der Waals surface area contributed by atoms with Crippen LogP contribution in [-0.4, -0.2) is 5.91 Å². The summed E-state index contributed by atoms with van der Waals surface area (Å²) in [6.07, 6.45) is 3.62. The Labute approximate surface area is 125 Å².